The summed E-state index contributed by atoms with van der Waals surface area (Å²) in [5, 5.41) is 3.27. The first kappa shape index (κ1) is 10.6. The molecule has 16 heavy (non-hydrogen) atoms. The molecule has 0 atom stereocenters. The second kappa shape index (κ2) is 4.75. The summed E-state index contributed by atoms with van der Waals surface area (Å²) >= 11 is 0. The summed E-state index contributed by atoms with van der Waals surface area (Å²) in [5.41, 5.74) is 3.27. The first-order valence-electron chi connectivity index (χ1n) is 5.33. The molecule has 0 aliphatic heterocycles. The summed E-state index contributed by atoms with van der Waals surface area (Å²) in [6.07, 6.45) is 1.80. The van der Waals surface area contributed by atoms with E-state index < -0.39 is 0 Å². The lowest BCUT2D eigenvalue weighted by atomic mass is 10.2. The molecule has 2 rings (SSSR count). The van der Waals surface area contributed by atoms with Crippen LogP contribution in [0.4, 0.5) is 5.82 Å². The van der Waals surface area contributed by atoms with Crippen molar-refractivity contribution in [2.24, 2.45) is 0 Å². The largest absolute Gasteiger partial charge is 0.364 e. The third kappa shape index (κ3) is 2.79. The van der Waals surface area contributed by atoms with E-state index in [0.717, 1.165) is 17.2 Å². The Balaban J connectivity index is 2.05. The van der Waals surface area contributed by atoms with E-state index in [9.17, 15) is 0 Å². The third-order valence-electron chi connectivity index (χ3n) is 2.27. The van der Waals surface area contributed by atoms with Gasteiger partial charge in [0.2, 0.25) is 0 Å². The van der Waals surface area contributed by atoms with E-state index in [4.69, 9.17) is 0 Å². The normalized spacial score (nSPS) is 10.1. The number of rotatable bonds is 3. The second-order valence-electron chi connectivity index (χ2n) is 3.85. The average molecular weight is 213 g/mol. The highest BCUT2D eigenvalue weighted by molar-refractivity contribution is 5.39. The van der Waals surface area contributed by atoms with E-state index in [2.05, 4.69) is 28.3 Å². The molecule has 0 aliphatic rings. The minimum Gasteiger partial charge on any atom is -0.364 e. The number of aryl methyl sites for hydroxylation is 2. The van der Waals surface area contributed by atoms with Crippen molar-refractivity contribution in [2.45, 2.75) is 20.4 Å². The Kier molecular flexibility index (Phi) is 3.15. The molecule has 0 saturated heterocycles. The monoisotopic (exact) mass is 213 g/mol. The molecule has 0 saturated carbocycles. The third-order valence-corrected chi connectivity index (χ3v) is 2.27. The molecule has 0 aromatic carbocycles. The fourth-order valence-electron chi connectivity index (χ4n) is 1.62. The zero-order valence-electron chi connectivity index (χ0n) is 9.57. The van der Waals surface area contributed by atoms with Crippen LogP contribution in [0.5, 0.6) is 0 Å². The van der Waals surface area contributed by atoms with Crippen molar-refractivity contribution in [3.05, 3.63) is 53.5 Å². The van der Waals surface area contributed by atoms with Crippen LogP contribution in [0.1, 0.15) is 17.0 Å². The molecule has 1 N–H and O–H groups in total. The molecule has 3 nitrogen and oxygen atoms in total. The van der Waals surface area contributed by atoms with Crippen molar-refractivity contribution < 1.29 is 0 Å². The summed E-state index contributed by atoms with van der Waals surface area (Å²) in [7, 11) is 0. The van der Waals surface area contributed by atoms with Crippen LogP contribution >= 0.6 is 0 Å². The quantitative estimate of drug-likeness (QED) is 0.851. The number of pyridine rings is 2. The molecular formula is C13H15N3. The van der Waals surface area contributed by atoms with Crippen molar-refractivity contribution >= 4 is 5.82 Å². The Morgan fingerprint density at radius 1 is 1.19 bits per heavy atom. The van der Waals surface area contributed by atoms with E-state index in [1.807, 2.05) is 31.2 Å². The molecule has 0 spiro atoms. The lowest BCUT2D eigenvalue weighted by Gasteiger charge is -2.06. The minimum atomic E-state index is 0.705. The smallest absolute Gasteiger partial charge is 0.126 e. The molecule has 2 heterocycles. The van der Waals surface area contributed by atoms with Crippen LogP contribution in [0.15, 0.2) is 36.5 Å². The molecule has 0 aliphatic carbocycles. The zero-order valence-corrected chi connectivity index (χ0v) is 9.57. The zero-order chi connectivity index (χ0) is 11.4. The van der Waals surface area contributed by atoms with Gasteiger partial charge >= 0.3 is 0 Å². The first-order valence-corrected chi connectivity index (χ1v) is 5.33. The van der Waals surface area contributed by atoms with Crippen LogP contribution in [-0.4, -0.2) is 9.97 Å². The van der Waals surface area contributed by atoms with Crippen LogP contribution in [0.25, 0.3) is 0 Å². The van der Waals surface area contributed by atoms with E-state index in [0.29, 0.717) is 6.54 Å². The fraction of sp³-hybridized carbons (Fsp3) is 0.231. The molecule has 0 unspecified atom stereocenters. The summed E-state index contributed by atoms with van der Waals surface area (Å²) in [6.45, 7) is 4.77. The Morgan fingerprint density at radius 2 is 2.06 bits per heavy atom. The van der Waals surface area contributed by atoms with Crippen LogP contribution in [0.2, 0.25) is 0 Å². The van der Waals surface area contributed by atoms with Gasteiger partial charge in [-0.1, -0.05) is 6.07 Å². The van der Waals surface area contributed by atoms with Gasteiger partial charge in [-0.15, -0.1) is 0 Å². The van der Waals surface area contributed by atoms with Gasteiger partial charge < -0.3 is 5.32 Å². The maximum absolute atomic E-state index is 4.41. The van der Waals surface area contributed by atoms with Crippen molar-refractivity contribution in [3.63, 3.8) is 0 Å². The van der Waals surface area contributed by atoms with Crippen molar-refractivity contribution in [1.29, 1.82) is 0 Å². The number of hydrogen-bond donors (Lipinski definition) is 1. The Bertz CT molecular complexity index is 446. The topological polar surface area (TPSA) is 37.8 Å². The van der Waals surface area contributed by atoms with Gasteiger partial charge in [0.15, 0.2) is 0 Å². The number of nitrogens with zero attached hydrogens (tertiary/aromatic N) is 2. The maximum atomic E-state index is 4.41. The van der Waals surface area contributed by atoms with Gasteiger partial charge in [0.05, 0.1) is 12.2 Å². The van der Waals surface area contributed by atoms with Gasteiger partial charge in [-0.05, 0) is 43.7 Å². The Morgan fingerprint density at radius 3 is 2.75 bits per heavy atom. The second-order valence-corrected chi connectivity index (χ2v) is 3.85. The molecule has 3 heteroatoms. The summed E-state index contributed by atoms with van der Waals surface area (Å²) < 4.78 is 0. The minimum absolute atomic E-state index is 0.705. The van der Waals surface area contributed by atoms with E-state index in [1.54, 1.807) is 6.20 Å². The molecule has 0 bridgehead atoms. The number of anilines is 1. The molecule has 0 radical (unpaired) electrons. The number of nitrogens with one attached hydrogen (secondary N) is 1. The molecule has 0 amide bonds. The highest BCUT2D eigenvalue weighted by Crippen LogP contribution is 2.09. The van der Waals surface area contributed by atoms with Gasteiger partial charge in [-0.3, -0.25) is 4.98 Å². The van der Waals surface area contributed by atoms with Gasteiger partial charge in [0.25, 0.3) is 0 Å². The SMILES string of the molecule is Cc1cc(C)nc(NCc2ccccn2)c1. The van der Waals surface area contributed by atoms with Crippen LogP contribution in [0.3, 0.4) is 0 Å². The molecule has 2 aromatic rings. The number of hydrogen-bond acceptors (Lipinski definition) is 3. The average Bonchev–Trinajstić information content (AvgIpc) is 2.27. The van der Waals surface area contributed by atoms with E-state index in [-0.39, 0.29) is 0 Å². The lowest BCUT2D eigenvalue weighted by molar-refractivity contribution is 1.02. The van der Waals surface area contributed by atoms with Gasteiger partial charge in [0.1, 0.15) is 5.82 Å². The van der Waals surface area contributed by atoms with Crippen molar-refractivity contribution in [2.75, 3.05) is 5.32 Å². The van der Waals surface area contributed by atoms with Gasteiger partial charge in [-0.2, -0.15) is 0 Å². The van der Waals surface area contributed by atoms with Crippen LogP contribution in [-0.2, 0) is 6.54 Å². The summed E-state index contributed by atoms with van der Waals surface area (Å²) in [4.78, 5) is 8.66. The lowest BCUT2D eigenvalue weighted by Crippen LogP contribution is -2.03. The first-order chi connectivity index (χ1) is 7.74. The fourth-order valence-corrected chi connectivity index (χ4v) is 1.62. The highest BCUT2D eigenvalue weighted by atomic mass is 15.0. The van der Waals surface area contributed by atoms with Crippen molar-refractivity contribution in [1.82, 2.24) is 9.97 Å². The van der Waals surface area contributed by atoms with Gasteiger partial charge in [-0.25, -0.2) is 4.98 Å². The molecule has 82 valence electrons. The summed E-state index contributed by atoms with van der Waals surface area (Å²) in [5.74, 6) is 0.906. The molecular weight excluding hydrogens is 198 g/mol. The molecule has 2 aromatic heterocycles. The number of aromatic nitrogens is 2. The van der Waals surface area contributed by atoms with Crippen LogP contribution in [0, 0.1) is 13.8 Å². The van der Waals surface area contributed by atoms with E-state index >= 15 is 0 Å². The predicted octanol–water partition coefficient (Wildman–Crippen LogP) is 2.71. The Hall–Kier alpha value is -1.90. The van der Waals surface area contributed by atoms with Crippen LogP contribution < -0.4 is 5.32 Å². The molecule has 0 fully saturated rings. The standard InChI is InChI=1S/C13H15N3/c1-10-7-11(2)16-13(8-10)15-9-12-5-3-4-6-14-12/h3-8H,9H2,1-2H3,(H,15,16). The summed E-state index contributed by atoms with van der Waals surface area (Å²) in [6, 6.07) is 10.00. The van der Waals surface area contributed by atoms with E-state index in [1.165, 1.54) is 5.56 Å². The predicted molar refractivity (Wildman–Crippen MR) is 65.3 cm³/mol. The Labute approximate surface area is 95.6 Å². The van der Waals surface area contributed by atoms with Gasteiger partial charge in [0, 0.05) is 11.9 Å². The van der Waals surface area contributed by atoms with Crippen molar-refractivity contribution in [3.8, 4) is 0 Å². The highest BCUT2D eigenvalue weighted by Gasteiger charge is 1.97. The maximum Gasteiger partial charge on any atom is 0.126 e.